The molecule has 6 heteroatoms. The third-order valence-corrected chi connectivity index (χ3v) is 5.21. The number of methoxy groups -OCH3 is 3. The van der Waals surface area contributed by atoms with E-state index in [-0.39, 0.29) is 0 Å². The molecule has 0 amide bonds. The van der Waals surface area contributed by atoms with Crippen LogP contribution in [-0.2, 0) is 0 Å². The van der Waals surface area contributed by atoms with Crippen LogP contribution in [0.15, 0.2) is 65.6 Å². The average molecular weight is 428 g/mol. The first-order chi connectivity index (χ1) is 14.1. The largest absolute Gasteiger partial charge is 0.493 e. The fourth-order valence-electron chi connectivity index (χ4n) is 2.70. The van der Waals surface area contributed by atoms with E-state index in [9.17, 15) is 0 Å². The smallest absolute Gasteiger partial charge is 0.203 e. The molecule has 3 aromatic rings. The van der Waals surface area contributed by atoms with Crippen LogP contribution in [0.5, 0.6) is 17.2 Å². The monoisotopic (exact) mass is 427 g/mol. The molecule has 0 atom stereocenters. The Morgan fingerprint density at radius 1 is 0.793 bits per heavy atom. The molecule has 0 heterocycles. The lowest BCUT2D eigenvalue weighted by molar-refractivity contribution is 0.324. The van der Waals surface area contributed by atoms with Gasteiger partial charge in [-0.1, -0.05) is 42.0 Å². The van der Waals surface area contributed by atoms with Crippen LogP contribution in [0.4, 0.5) is 5.69 Å². The Kier molecular flexibility index (Phi) is 7.33. The molecule has 1 N–H and O–H groups in total. The molecular weight excluding hydrogens is 406 g/mol. The van der Waals surface area contributed by atoms with E-state index in [0.717, 1.165) is 26.7 Å². The Balaban J connectivity index is 1.68. The summed E-state index contributed by atoms with van der Waals surface area (Å²) < 4.78 is 19.5. The van der Waals surface area contributed by atoms with Crippen LogP contribution in [0, 0.1) is 0 Å². The van der Waals surface area contributed by atoms with Crippen molar-refractivity contribution in [3.63, 3.8) is 0 Å². The molecule has 0 saturated heterocycles. The Labute approximate surface area is 180 Å². The normalized spacial score (nSPS) is 10.8. The van der Waals surface area contributed by atoms with Crippen LogP contribution in [-0.4, -0.2) is 21.3 Å². The van der Waals surface area contributed by atoms with Gasteiger partial charge in [0.2, 0.25) is 5.75 Å². The molecule has 0 aliphatic carbocycles. The second-order valence-electron chi connectivity index (χ2n) is 6.08. The Morgan fingerprint density at radius 3 is 2.03 bits per heavy atom. The molecular formula is C23H22ClNO3S. The zero-order valence-corrected chi connectivity index (χ0v) is 18.0. The van der Waals surface area contributed by atoms with E-state index >= 15 is 0 Å². The molecule has 3 aromatic carbocycles. The molecule has 0 aliphatic rings. The van der Waals surface area contributed by atoms with Crippen molar-refractivity contribution in [1.82, 2.24) is 0 Å². The summed E-state index contributed by atoms with van der Waals surface area (Å²) in [5.74, 6) is 1.84. The van der Waals surface area contributed by atoms with Crippen LogP contribution < -0.4 is 18.9 Å². The fourth-order valence-corrected chi connectivity index (χ4v) is 3.66. The summed E-state index contributed by atoms with van der Waals surface area (Å²) in [7, 11) is 4.81. The molecule has 0 unspecified atom stereocenters. The summed E-state index contributed by atoms with van der Waals surface area (Å²) in [6, 6.07) is 19.7. The minimum atomic E-state index is 0.583. The second-order valence-corrected chi connectivity index (χ2v) is 7.39. The maximum Gasteiger partial charge on any atom is 0.203 e. The lowest BCUT2D eigenvalue weighted by Gasteiger charge is -2.12. The predicted octanol–water partition coefficient (Wildman–Crippen LogP) is 6.66. The minimum Gasteiger partial charge on any atom is -0.493 e. The summed E-state index contributed by atoms with van der Waals surface area (Å²) in [6.07, 6.45) is 4.04. The lowest BCUT2D eigenvalue weighted by Crippen LogP contribution is -1.95. The van der Waals surface area contributed by atoms with Crippen molar-refractivity contribution in [2.75, 3.05) is 26.1 Å². The van der Waals surface area contributed by atoms with Gasteiger partial charge in [-0.2, -0.15) is 0 Å². The highest BCUT2D eigenvalue weighted by atomic mass is 35.5. The van der Waals surface area contributed by atoms with Crippen LogP contribution in [0.25, 0.3) is 12.2 Å². The highest BCUT2D eigenvalue weighted by Crippen LogP contribution is 2.38. The van der Waals surface area contributed by atoms with E-state index in [1.807, 2.05) is 60.7 Å². The third kappa shape index (κ3) is 5.62. The highest BCUT2D eigenvalue weighted by molar-refractivity contribution is 8.00. The molecule has 150 valence electrons. The van der Waals surface area contributed by atoms with Gasteiger partial charge in [0.25, 0.3) is 0 Å². The van der Waals surface area contributed by atoms with Gasteiger partial charge in [-0.05, 0) is 65.5 Å². The van der Waals surface area contributed by atoms with Crippen LogP contribution in [0.2, 0.25) is 5.02 Å². The molecule has 0 spiro atoms. The highest BCUT2D eigenvalue weighted by Gasteiger charge is 2.11. The van der Waals surface area contributed by atoms with Gasteiger partial charge in [0.05, 0.1) is 21.3 Å². The van der Waals surface area contributed by atoms with Crippen LogP contribution in [0.3, 0.4) is 0 Å². The number of ether oxygens (including phenoxy) is 3. The summed E-state index contributed by atoms with van der Waals surface area (Å²) in [6.45, 7) is 0. The summed E-state index contributed by atoms with van der Waals surface area (Å²) >= 11 is 7.54. The van der Waals surface area contributed by atoms with Gasteiger partial charge in [-0.25, -0.2) is 0 Å². The first kappa shape index (κ1) is 21.0. The van der Waals surface area contributed by atoms with E-state index in [2.05, 4.69) is 16.9 Å². The van der Waals surface area contributed by atoms with Crippen molar-refractivity contribution in [2.45, 2.75) is 4.90 Å². The number of rotatable bonds is 8. The zero-order chi connectivity index (χ0) is 20.6. The molecule has 0 aliphatic heterocycles. The number of nitrogens with one attached hydrogen (secondary N) is 1. The maximum absolute atomic E-state index is 6.02. The van der Waals surface area contributed by atoms with Gasteiger partial charge >= 0.3 is 0 Å². The number of hydrogen-bond donors (Lipinski definition) is 1. The second kappa shape index (κ2) is 10.1. The Morgan fingerprint density at radius 2 is 1.45 bits per heavy atom. The SMILES string of the molecule is COc1cc(/C=C\c2ccc(NSc3cccc(Cl)c3)cc2)cc(OC)c1OC. The minimum absolute atomic E-state index is 0.583. The van der Waals surface area contributed by atoms with Crippen molar-refractivity contribution in [3.05, 3.63) is 76.8 Å². The lowest BCUT2D eigenvalue weighted by atomic mass is 10.1. The van der Waals surface area contributed by atoms with Gasteiger partial charge in [-0.3, -0.25) is 0 Å². The molecule has 29 heavy (non-hydrogen) atoms. The fraction of sp³-hybridized carbons (Fsp3) is 0.130. The van der Waals surface area contributed by atoms with Gasteiger partial charge in [-0.15, -0.1) is 0 Å². The topological polar surface area (TPSA) is 39.7 Å². The van der Waals surface area contributed by atoms with Crippen LogP contribution >= 0.6 is 23.5 Å². The van der Waals surface area contributed by atoms with Crippen molar-refractivity contribution >= 4 is 41.4 Å². The maximum atomic E-state index is 6.02. The number of hydrogen-bond acceptors (Lipinski definition) is 5. The predicted molar refractivity (Wildman–Crippen MR) is 122 cm³/mol. The summed E-state index contributed by atoms with van der Waals surface area (Å²) in [5.41, 5.74) is 3.05. The zero-order valence-electron chi connectivity index (χ0n) is 16.4. The molecule has 0 saturated carbocycles. The quantitative estimate of drug-likeness (QED) is 0.321. The van der Waals surface area contributed by atoms with Crippen molar-refractivity contribution in [3.8, 4) is 17.2 Å². The average Bonchev–Trinajstić information content (AvgIpc) is 2.76. The van der Waals surface area contributed by atoms with Crippen molar-refractivity contribution in [2.24, 2.45) is 0 Å². The van der Waals surface area contributed by atoms with E-state index in [0.29, 0.717) is 17.2 Å². The molecule has 0 bridgehead atoms. The van der Waals surface area contributed by atoms with Gasteiger partial charge in [0, 0.05) is 15.6 Å². The van der Waals surface area contributed by atoms with Crippen LogP contribution in [0.1, 0.15) is 11.1 Å². The first-order valence-electron chi connectivity index (χ1n) is 8.89. The standard InChI is InChI=1S/C23H22ClNO3S/c1-26-21-13-17(14-22(27-2)23(21)28-3)8-7-16-9-11-19(12-10-16)25-29-20-6-4-5-18(24)15-20/h4-15,25H,1-3H3/b8-7-. The number of halogens is 1. The van der Waals surface area contributed by atoms with E-state index in [4.69, 9.17) is 25.8 Å². The number of benzene rings is 3. The van der Waals surface area contributed by atoms with Gasteiger partial charge in [0.15, 0.2) is 11.5 Å². The summed E-state index contributed by atoms with van der Waals surface area (Å²) in [5, 5.41) is 0.726. The molecule has 0 aromatic heterocycles. The molecule has 0 radical (unpaired) electrons. The van der Waals surface area contributed by atoms with Crippen molar-refractivity contribution in [1.29, 1.82) is 0 Å². The molecule has 0 fully saturated rings. The Hall–Kier alpha value is -2.76. The molecule has 4 nitrogen and oxygen atoms in total. The van der Waals surface area contributed by atoms with E-state index in [1.54, 1.807) is 21.3 Å². The number of anilines is 1. The molecule has 3 rings (SSSR count). The van der Waals surface area contributed by atoms with Gasteiger partial charge in [0.1, 0.15) is 0 Å². The summed E-state index contributed by atoms with van der Waals surface area (Å²) in [4.78, 5) is 1.06. The van der Waals surface area contributed by atoms with Crippen molar-refractivity contribution < 1.29 is 14.2 Å². The third-order valence-electron chi connectivity index (χ3n) is 4.15. The first-order valence-corrected chi connectivity index (χ1v) is 10.1. The van der Waals surface area contributed by atoms with E-state index < -0.39 is 0 Å². The van der Waals surface area contributed by atoms with E-state index in [1.165, 1.54) is 11.9 Å². The Bertz CT molecular complexity index is 965. The van der Waals surface area contributed by atoms with Gasteiger partial charge < -0.3 is 18.9 Å².